The van der Waals surface area contributed by atoms with Gasteiger partial charge in [-0.25, -0.2) is 8.78 Å². The molecule has 17 heavy (non-hydrogen) atoms. The predicted molar refractivity (Wildman–Crippen MR) is 64.0 cm³/mol. The van der Waals surface area contributed by atoms with Crippen LogP contribution < -0.4 is 5.32 Å². The van der Waals surface area contributed by atoms with Crippen LogP contribution >= 0.6 is 0 Å². The molecule has 0 aliphatic carbocycles. The molecule has 4 heteroatoms. The molecule has 0 bridgehead atoms. The summed E-state index contributed by atoms with van der Waals surface area (Å²) in [5.41, 5.74) is 0.113. The van der Waals surface area contributed by atoms with Crippen molar-refractivity contribution in [3.8, 4) is 0 Å². The molecule has 0 aliphatic rings. The summed E-state index contributed by atoms with van der Waals surface area (Å²) < 4.78 is 32.2. The van der Waals surface area contributed by atoms with Crippen molar-refractivity contribution in [3.63, 3.8) is 0 Å². The average molecular weight is 243 g/mol. The van der Waals surface area contributed by atoms with Crippen molar-refractivity contribution in [1.82, 2.24) is 5.32 Å². The number of methoxy groups -OCH3 is 1. The van der Waals surface area contributed by atoms with Crippen LogP contribution in [-0.4, -0.2) is 25.8 Å². The van der Waals surface area contributed by atoms with Gasteiger partial charge in [0, 0.05) is 18.7 Å². The van der Waals surface area contributed by atoms with Gasteiger partial charge >= 0.3 is 0 Å². The molecule has 0 heterocycles. The van der Waals surface area contributed by atoms with Crippen molar-refractivity contribution in [2.24, 2.45) is 0 Å². The Labute approximate surface area is 101 Å². The van der Waals surface area contributed by atoms with Gasteiger partial charge in [-0.05, 0) is 32.0 Å². The molecule has 0 saturated carbocycles. The van der Waals surface area contributed by atoms with Crippen LogP contribution in [0.5, 0.6) is 0 Å². The first-order valence-electron chi connectivity index (χ1n) is 5.79. The lowest BCUT2D eigenvalue weighted by Crippen LogP contribution is -2.41. The minimum absolute atomic E-state index is 0.101. The third-order valence-electron chi connectivity index (χ3n) is 2.89. The smallest absolute Gasteiger partial charge is 0.129 e. The lowest BCUT2D eigenvalue weighted by atomic mass is 10.0. The van der Waals surface area contributed by atoms with Gasteiger partial charge in [0.15, 0.2) is 0 Å². The Hall–Kier alpha value is -1.00. The first-order chi connectivity index (χ1) is 8.10. The van der Waals surface area contributed by atoms with E-state index in [-0.39, 0.29) is 24.1 Å². The molecule has 96 valence electrons. The molecule has 1 N–H and O–H groups in total. The highest BCUT2D eigenvalue weighted by atomic mass is 19.1. The molecular weight excluding hydrogens is 224 g/mol. The maximum absolute atomic E-state index is 13.5. The van der Waals surface area contributed by atoms with Crippen molar-refractivity contribution in [3.05, 3.63) is 35.4 Å². The second-order valence-corrected chi connectivity index (χ2v) is 4.01. The zero-order valence-corrected chi connectivity index (χ0v) is 10.5. The standard InChI is InChI=1S/C13H19F2NO/c1-4-16-13(9(2)17-3)8-10-11(14)6-5-7-12(10)15/h5-7,9,13,16H,4,8H2,1-3H3. The molecule has 0 aromatic heterocycles. The molecule has 0 amide bonds. The fraction of sp³-hybridized carbons (Fsp3) is 0.538. The Kier molecular flexibility index (Phi) is 5.51. The number of hydrogen-bond donors (Lipinski definition) is 1. The highest BCUT2D eigenvalue weighted by molar-refractivity contribution is 5.21. The van der Waals surface area contributed by atoms with Gasteiger partial charge in [-0.15, -0.1) is 0 Å². The molecule has 1 aromatic carbocycles. The predicted octanol–water partition coefficient (Wildman–Crippen LogP) is 2.52. The SMILES string of the molecule is CCNC(Cc1c(F)cccc1F)C(C)OC. The van der Waals surface area contributed by atoms with Crippen molar-refractivity contribution in [2.45, 2.75) is 32.4 Å². The summed E-state index contributed by atoms with van der Waals surface area (Å²) >= 11 is 0. The van der Waals surface area contributed by atoms with E-state index < -0.39 is 11.6 Å². The Morgan fingerprint density at radius 3 is 2.35 bits per heavy atom. The zero-order chi connectivity index (χ0) is 12.8. The Morgan fingerprint density at radius 1 is 1.29 bits per heavy atom. The third kappa shape index (κ3) is 3.75. The topological polar surface area (TPSA) is 21.3 Å². The molecule has 0 fully saturated rings. The number of nitrogens with one attached hydrogen (secondary N) is 1. The Morgan fingerprint density at radius 2 is 1.88 bits per heavy atom. The van der Waals surface area contributed by atoms with E-state index in [0.29, 0.717) is 0 Å². The van der Waals surface area contributed by atoms with E-state index >= 15 is 0 Å². The molecule has 0 aliphatic heterocycles. The van der Waals surface area contributed by atoms with Crippen LogP contribution in [0.2, 0.25) is 0 Å². The lowest BCUT2D eigenvalue weighted by molar-refractivity contribution is 0.0830. The normalized spacial score (nSPS) is 14.6. The van der Waals surface area contributed by atoms with E-state index in [9.17, 15) is 8.78 Å². The molecule has 2 atom stereocenters. The van der Waals surface area contributed by atoms with Crippen molar-refractivity contribution < 1.29 is 13.5 Å². The number of halogens is 2. The molecule has 0 spiro atoms. The van der Waals surface area contributed by atoms with Crippen LogP contribution in [0, 0.1) is 11.6 Å². The maximum Gasteiger partial charge on any atom is 0.129 e. The zero-order valence-electron chi connectivity index (χ0n) is 10.5. The monoisotopic (exact) mass is 243 g/mol. The second kappa shape index (κ2) is 6.67. The van der Waals surface area contributed by atoms with Crippen LogP contribution in [-0.2, 0) is 11.2 Å². The highest BCUT2D eigenvalue weighted by Gasteiger charge is 2.20. The fourth-order valence-corrected chi connectivity index (χ4v) is 1.78. The molecule has 2 nitrogen and oxygen atoms in total. The van der Waals surface area contributed by atoms with E-state index in [1.165, 1.54) is 18.2 Å². The first kappa shape index (κ1) is 14.1. The first-order valence-corrected chi connectivity index (χ1v) is 5.79. The maximum atomic E-state index is 13.5. The summed E-state index contributed by atoms with van der Waals surface area (Å²) in [6, 6.07) is 3.82. The van der Waals surface area contributed by atoms with Crippen LogP contribution in [0.1, 0.15) is 19.4 Å². The summed E-state index contributed by atoms with van der Waals surface area (Å²) in [5, 5.41) is 3.18. The van der Waals surface area contributed by atoms with E-state index in [2.05, 4.69) is 5.32 Å². The summed E-state index contributed by atoms with van der Waals surface area (Å²) in [6.45, 7) is 4.56. The molecule has 0 radical (unpaired) electrons. The minimum atomic E-state index is -0.504. The van der Waals surface area contributed by atoms with Crippen LogP contribution in [0.15, 0.2) is 18.2 Å². The number of hydrogen-bond acceptors (Lipinski definition) is 2. The average Bonchev–Trinajstić information content (AvgIpc) is 2.31. The van der Waals surface area contributed by atoms with Crippen molar-refractivity contribution >= 4 is 0 Å². The van der Waals surface area contributed by atoms with Gasteiger partial charge in [-0.2, -0.15) is 0 Å². The van der Waals surface area contributed by atoms with Gasteiger partial charge in [0.1, 0.15) is 11.6 Å². The van der Waals surface area contributed by atoms with Gasteiger partial charge in [-0.1, -0.05) is 13.0 Å². The quantitative estimate of drug-likeness (QED) is 0.829. The molecule has 1 aromatic rings. The lowest BCUT2D eigenvalue weighted by Gasteiger charge is -2.24. The molecule has 0 saturated heterocycles. The largest absolute Gasteiger partial charge is 0.380 e. The molecule has 1 rings (SSSR count). The van der Waals surface area contributed by atoms with Crippen molar-refractivity contribution in [2.75, 3.05) is 13.7 Å². The summed E-state index contributed by atoms with van der Waals surface area (Å²) in [5.74, 6) is -1.01. The van der Waals surface area contributed by atoms with Gasteiger partial charge < -0.3 is 10.1 Å². The summed E-state index contributed by atoms with van der Waals surface area (Å²) in [4.78, 5) is 0. The molecule has 2 unspecified atom stereocenters. The van der Waals surface area contributed by atoms with Crippen LogP contribution in [0.3, 0.4) is 0 Å². The molecular formula is C13H19F2NO. The van der Waals surface area contributed by atoms with Crippen LogP contribution in [0.25, 0.3) is 0 Å². The number of benzene rings is 1. The summed E-state index contributed by atoms with van der Waals surface area (Å²) in [7, 11) is 1.59. The Balaban J connectivity index is 2.85. The Bertz CT molecular complexity index is 337. The van der Waals surface area contributed by atoms with E-state index in [1.807, 2.05) is 13.8 Å². The van der Waals surface area contributed by atoms with Gasteiger partial charge in [0.05, 0.1) is 6.10 Å². The summed E-state index contributed by atoms with van der Waals surface area (Å²) in [6.07, 6.45) is 0.176. The number of likely N-dealkylation sites (N-methyl/N-ethyl adjacent to an activating group) is 1. The van der Waals surface area contributed by atoms with Crippen LogP contribution in [0.4, 0.5) is 8.78 Å². The van der Waals surface area contributed by atoms with E-state index in [4.69, 9.17) is 4.74 Å². The minimum Gasteiger partial charge on any atom is -0.380 e. The second-order valence-electron chi connectivity index (χ2n) is 4.01. The third-order valence-corrected chi connectivity index (χ3v) is 2.89. The number of ether oxygens (including phenoxy) is 1. The number of rotatable bonds is 6. The highest BCUT2D eigenvalue weighted by Crippen LogP contribution is 2.16. The van der Waals surface area contributed by atoms with E-state index in [1.54, 1.807) is 7.11 Å². The van der Waals surface area contributed by atoms with Gasteiger partial charge in [0.25, 0.3) is 0 Å². The fourth-order valence-electron chi connectivity index (χ4n) is 1.78. The van der Waals surface area contributed by atoms with Gasteiger partial charge in [-0.3, -0.25) is 0 Å². The van der Waals surface area contributed by atoms with Crippen molar-refractivity contribution in [1.29, 1.82) is 0 Å². The van der Waals surface area contributed by atoms with E-state index in [0.717, 1.165) is 6.54 Å². The van der Waals surface area contributed by atoms with Gasteiger partial charge in [0.2, 0.25) is 0 Å².